The normalized spacial score (nSPS) is 22.6. The third-order valence-electron chi connectivity index (χ3n) is 3.63. The van der Waals surface area contributed by atoms with Crippen molar-refractivity contribution in [3.63, 3.8) is 0 Å². The Kier molecular flexibility index (Phi) is 5.57. The molecule has 0 spiro atoms. The maximum Gasteiger partial charge on any atom is 0.0971 e. The van der Waals surface area contributed by atoms with E-state index in [-0.39, 0.29) is 12.2 Å². The van der Waals surface area contributed by atoms with Crippen molar-refractivity contribution in [3.05, 3.63) is 35.4 Å². The van der Waals surface area contributed by atoms with Crippen molar-refractivity contribution in [2.24, 2.45) is 5.73 Å². The van der Waals surface area contributed by atoms with Gasteiger partial charge in [-0.25, -0.2) is 0 Å². The van der Waals surface area contributed by atoms with Crippen LogP contribution in [-0.2, 0) is 16.0 Å². The predicted octanol–water partition coefficient (Wildman–Crippen LogP) is 0.842. The number of nitrogens with zero attached hydrogens (tertiary/aromatic N) is 1. The van der Waals surface area contributed by atoms with E-state index in [2.05, 4.69) is 22.8 Å². The van der Waals surface area contributed by atoms with E-state index in [4.69, 9.17) is 15.2 Å². The molecule has 4 heteroatoms. The zero-order valence-electron chi connectivity index (χ0n) is 12.1. The topological polar surface area (TPSA) is 47.7 Å². The van der Waals surface area contributed by atoms with Gasteiger partial charge in [0.15, 0.2) is 0 Å². The zero-order valence-corrected chi connectivity index (χ0v) is 12.1. The van der Waals surface area contributed by atoms with Gasteiger partial charge in [-0.15, -0.1) is 0 Å². The largest absolute Gasteiger partial charge is 0.377 e. The van der Waals surface area contributed by atoms with Gasteiger partial charge in [-0.3, -0.25) is 4.90 Å². The molecule has 20 heavy (non-hydrogen) atoms. The quantitative estimate of drug-likeness (QED) is 0.827. The Labute approximate surface area is 120 Å². The van der Waals surface area contributed by atoms with Gasteiger partial charge in [0.05, 0.1) is 18.8 Å². The summed E-state index contributed by atoms with van der Waals surface area (Å²) in [5.41, 5.74) is 7.72. The van der Waals surface area contributed by atoms with E-state index in [1.165, 1.54) is 5.56 Å². The predicted molar refractivity (Wildman–Crippen MR) is 79.2 cm³/mol. The Morgan fingerprint density at radius 1 is 1.20 bits per heavy atom. The molecule has 2 rings (SSSR count). The van der Waals surface area contributed by atoms with E-state index >= 15 is 0 Å². The average Bonchev–Trinajstić information content (AvgIpc) is 2.88. The van der Waals surface area contributed by atoms with Crippen LogP contribution in [0.15, 0.2) is 24.3 Å². The number of hydrogen-bond acceptors (Lipinski definition) is 4. The minimum absolute atomic E-state index is 0.141. The molecule has 1 aliphatic heterocycles. The highest BCUT2D eigenvalue weighted by molar-refractivity contribution is 5.41. The van der Waals surface area contributed by atoms with Gasteiger partial charge in [0.25, 0.3) is 0 Å². The second-order valence-corrected chi connectivity index (χ2v) is 4.91. The third kappa shape index (κ3) is 3.59. The lowest BCUT2D eigenvalue weighted by atomic mass is 10.1. The summed E-state index contributed by atoms with van der Waals surface area (Å²) < 4.78 is 10.9. The molecule has 2 N–H and O–H groups in total. The van der Waals surface area contributed by atoms with E-state index in [1.54, 1.807) is 14.2 Å². The molecule has 0 radical (unpaired) electrons. The van der Waals surface area contributed by atoms with Gasteiger partial charge in [0.1, 0.15) is 0 Å². The summed E-state index contributed by atoms with van der Waals surface area (Å²) in [4.78, 5) is 2.34. The monoisotopic (exact) mass is 274 g/mol. The number of ether oxygens (including phenoxy) is 2. The smallest absolute Gasteiger partial charge is 0.0971 e. The van der Waals surface area contributed by atoms with Crippen molar-refractivity contribution in [1.29, 1.82) is 0 Å². The van der Waals surface area contributed by atoms with Gasteiger partial charge < -0.3 is 15.2 Å². The van der Waals surface area contributed by atoms with Gasteiger partial charge in [-0.2, -0.15) is 0 Å². The fourth-order valence-corrected chi connectivity index (χ4v) is 2.57. The molecule has 1 saturated heterocycles. The van der Waals surface area contributed by atoms with Crippen molar-refractivity contribution in [1.82, 2.24) is 4.90 Å². The Bertz CT molecular complexity index is 481. The van der Waals surface area contributed by atoms with Crippen LogP contribution in [0, 0.1) is 11.8 Å². The highest BCUT2D eigenvalue weighted by Crippen LogP contribution is 2.19. The van der Waals surface area contributed by atoms with Crippen LogP contribution in [-0.4, -0.2) is 51.0 Å². The summed E-state index contributed by atoms with van der Waals surface area (Å²) in [7, 11) is 3.47. The number of likely N-dealkylation sites (tertiary alicyclic amines) is 1. The van der Waals surface area contributed by atoms with Gasteiger partial charge in [0.2, 0.25) is 0 Å². The van der Waals surface area contributed by atoms with Gasteiger partial charge in [0, 0.05) is 39.4 Å². The fraction of sp³-hybridized carbons (Fsp3) is 0.500. The summed E-state index contributed by atoms with van der Waals surface area (Å²) in [6, 6.07) is 8.20. The van der Waals surface area contributed by atoms with Crippen molar-refractivity contribution in [2.45, 2.75) is 18.8 Å². The zero-order chi connectivity index (χ0) is 14.4. The van der Waals surface area contributed by atoms with Crippen LogP contribution in [0.3, 0.4) is 0 Å². The van der Waals surface area contributed by atoms with Crippen LogP contribution in [0.2, 0.25) is 0 Å². The lowest BCUT2D eigenvalue weighted by Crippen LogP contribution is -2.27. The van der Waals surface area contributed by atoms with E-state index < -0.39 is 0 Å². The molecule has 0 saturated carbocycles. The average molecular weight is 274 g/mol. The molecule has 1 aromatic rings. The second kappa shape index (κ2) is 7.41. The van der Waals surface area contributed by atoms with E-state index in [9.17, 15) is 0 Å². The van der Waals surface area contributed by atoms with Crippen LogP contribution >= 0.6 is 0 Å². The summed E-state index contributed by atoms with van der Waals surface area (Å²) in [5, 5.41) is 0. The Hall–Kier alpha value is -1.38. The number of rotatable bonds is 4. The first kappa shape index (κ1) is 15.0. The van der Waals surface area contributed by atoms with E-state index in [1.807, 2.05) is 18.2 Å². The minimum Gasteiger partial charge on any atom is -0.377 e. The lowest BCUT2D eigenvalue weighted by molar-refractivity contribution is -0.00461. The van der Waals surface area contributed by atoms with Crippen LogP contribution in [0.5, 0.6) is 0 Å². The molecule has 0 bridgehead atoms. The highest BCUT2D eigenvalue weighted by atomic mass is 16.5. The summed E-state index contributed by atoms with van der Waals surface area (Å²) >= 11 is 0. The first-order valence-electron chi connectivity index (χ1n) is 6.83. The number of nitrogens with two attached hydrogens (primary N) is 1. The first-order chi connectivity index (χ1) is 9.78. The van der Waals surface area contributed by atoms with Crippen LogP contribution < -0.4 is 5.73 Å². The van der Waals surface area contributed by atoms with Gasteiger partial charge in [-0.05, 0) is 11.6 Å². The van der Waals surface area contributed by atoms with E-state index in [0.29, 0.717) is 6.54 Å². The van der Waals surface area contributed by atoms with Crippen molar-refractivity contribution < 1.29 is 9.47 Å². The molecule has 1 aromatic carbocycles. The van der Waals surface area contributed by atoms with Crippen LogP contribution in [0.25, 0.3) is 0 Å². The number of methoxy groups -OCH3 is 2. The molecule has 1 aliphatic rings. The minimum atomic E-state index is 0.141. The van der Waals surface area contributed by atoms with Crippen LogP contribution in [0.1, 0.15) is 11.1 Å². The van der Waals surface area contributed by atoms with Gasteiger partial charge >= 0.3 is 0 Å². The lowest BCUT2D eigenvalue weighted by Gasteiger charge is -2.16. The third-order valence-corrected chi connectivity index (χ3v) is 3.63. The molecule has 2 atom stereocenters. The molecule has 1 fully saturated rings. The summed E-state index contributed by atoms with van der Waals surface area (Å²) in [6.45, 7) is 3.01. The standard InChI is InChI=1S/C16H22N2O2/c1-19-15-11-18(12-16(15)20-2)10-14-7-4-3-6-13(14)8-5-9-17/h3-4,6-7,15-16H,9-12,17H2,1-2H3. The molecule has 0 aromatic heterocycles. The van der Waals surface area contributed by atoms with Crippen molar-refractivity contribution in [2.75, 3.05) is 33.9 Å². The van der Waals surface area contributed by atoms with Crippen molar-refractivity contribution >= 4 is 0 Å². The Morgan fingerprint density at radius 3 is 2.45 bits per heavy atom. The Balaban J connectivity index is 2.07. The molecule has 0 aliphatic carbocycles. The number of benzene rings is 1. The van der Waals surface area contributed by atoms with Gasteiger partial charge in [-0.1, -0.05) is 30.0 Å². The molecule has 1 heterocycles. The van der Waals surface area contributed by atoms with Crippen LogP contribution in [0.4, 0.5) is 0 Å². The molecule has 2 unspecified atom stereocenters. The second-order valence-electron chi connectivity index (χ2n) is 4.91. The maximum absolute atomic E-state index is 5.47. The SMILES string of the molecule is COC1CN(Cc2ccccc2C#CCN)CC1OC. The van der Waals surface area contributed by atoms with E-state index in [0.717, 1.165) is 25.2 Å². The Morgan fingerprint density at radius 2 is 1.85 bits per heavy atom. The number of hydrogen-bond donors (Lipinski definition) is 1. The maximum atomic E-state index is 5.47. The summed E-state index contributed by atoms with van der Waals surface area (Å²) in [6.07, 6.45) is 0.282. The van der Waals surface area contributed by atoms with Crippen molar-refractivity contribution in [3.8, 4) is 11.8 Å². The summed E-state index contributed by atoms with van der Waals surface area (Å²) in [5.74, 6) is 6.05. The molecule has 108 valence electrons. The fourth-order valence-electron chi connectivity index (χ4n) is 2.57. The molecular formula is C16H22N2O2. The first-order valence-corrected chi connectivity index (χ1v) is 6.83. The highest BCUT2D eigenvalue weighted by Gasteiger charge is 2.32. The molecule has 0 amide bonds. The molecule has 4 nitrogen and oxygen atoms in total. The molecular weight excluding hydrogens is 252 g/mol.